The molecule has 0 aliphatic heterocycles. The third-order valence-corrected chi connectivity index (χ3v) is 4.47. The summed E-state index contributed by atoms with van der Waals surface area (Å²) < 4.78 is 11.2. The Balaban J connectivity index is 2.37. The van der Waals surface area contributed by atoms with Crippen LogP contribution in [0.1, 0.15) is 31.9 Å². The lowest BCUT2D eigenvalue weighted by atomic mass is 10.1. The minimum absolute atomic E-state index is 0.0192. The number of nitrogens with one attached hydrogen (secondary N) is 2. The van der Waals surface area contributed by atoms with Crippen LogP contribution in [0.15, 0.2) is 24.3 Å². The fourth-order valence-electron chi connectivity index (χ4n) is 1.60. The zero-order chi connectivity index (χ0) is 15.1. The Morgan fingerprint density at radius 2 is 1.90 bits per heavy atom. The highest BCUT2D eigenvalue weighted by Crippen LogP contribution is 2.13. The number of hydrogen-bond donors (Lipinski definition) is 3. The number of hydrogen-bond acceptors (Lipinski definition) is 3. The first-order chi connectivity index (χ1) is 9.40. The van der Waals surface area contributed by atoms with Crippen LogP contribution in [-0.4, -0.2) is 28.3 Å². The van der Waals surface area contributed by atoms with Gasteiger partial charge in [-0.1, -0.05) is 19.1 Å². The van der Waals surface area contributed by atoms with E-state index in [1.165, 1.54) is 0 Å². The van der Waals surface area contributed by atoms with Crippen LogP contribution < -0.4 is 16.4 Å². The Kier molecular flexibility index (Phi) is 6.67. The van der Waals surface area contributed by atoms with Crippen LogP contribution in [0.2, 0.25) is 0 Å². The van der Waals surface area contributed by atoms with Gasteiger partial charge in [0.2, 0.25) is 0 Å². The summed E-state index contributed by atoms with van der Waals surface area (Å²) in [6, 6.07) is 7.15. The second-order valence-electron chi connectivity index (χ2n) is 4.89. The number of carbonyl (C=O) groups excluding carboxylic acids is 1. The van der Waals surface area contributed by atoms with E-state index in [0.717, 1.165) is 11.3 Å². The molecule has 20 heavy (non-hydrogen) atoms. The lowest BCUT2D eigenvalue weighted by Crippen LogP contribution is -2.31. The molecule has 1 aromatic rings. The molecule has 0 spiro atoms. The first kappa shape index (κ1) is 16.7. The minimum atomic E-state index is -0.854. The van der Waals surface area contributed by atoms with Gasteiger partial charge in [0.1, 0.15) is 0 Å². The summed E-state index contributed by atoms with van der Waals surface area (Å²) in [5, 5.41) is 5.57. The third kappa shape index (κ3) is 5.71. The molecule has 0 bridgehead atoms. The molecule has 1 aromatic carbocycles. The van der Waals surface area contributed by atoms with Crippen LogP contribution in [0.3, 0.4) is 0 Å². The van der Waals surface area contributed by atoms with Gasteiger partial charge in [0, 0.05) is 40.6 Å². The maximum atomic E-state index is 11.7. The van der Waals surface area contributed by atoms with Crippen LogP contribution in [0.4, 0.5) is 10.5 Å². The number of rotatable bonds is 6. The van der Waals surface area contributed by atoms with Gasteiger partial charge in [0.15, 0.2) is 0 Å². The lowest BCUT2D eigenvalue weighted by Gasteiger charge is -2.11. The summed E-state index contributed by atoms with van der Waals surface area (Å²) >= 11 is 0. The van der Waals surface area contributed by atoms with Gasteiger partial charge in [-0.3, -0.25) is 4.21 Å². The van der Waals surface area contributed by atoms with Crippen LogP contribution in [0.25, 0.3) is 0 Å². The fourth-order valence-corrected chi connectivity index (χ4v) is 2.05. The summed E-state index contributed by atoms with van der Waals surface area (Å²) in [4.78, 5) is 11.7. The first-order valence-electron chi connectivity index (χ1n) is 6.62. The molecule has 3 atom stereocenters. The summed E-state index contributed by atoms with van der Waals surface area (Å²) in [6.07, 6.45) is 2.37. The Morgan fingerprint density at radius 3 is 2.40 bits per heavy atom. The van der Waals surface area contributed by atoms with Gasteiger partial charge in [-0.15, -0.1) is 0 Å². The second kappa shape index (κ2) is 8.01. The van der Waals surface area contributed by atoms with E-state index in [1.54, 1.807) is 6.26 Å². The molecule has 112 valence electrons. The van der Waals surface area contributed by atoms with Gasteiger partial charge in [-0.05, 0) is 31.0 Å². The van der Waals surface area contributed by atoms with Crippen LogP contribution in [0.5, 0.6) is 0 Å². The number of carbonyl (C=O) groups is 1. The van der Waals surface area contributed by atoms with Crippen molar-refractivity contribution >= 4 is 22.5 Å². The van der Waals surface area contributed by atoms with E-state index < -0.39 is 10.8 Å². The Bertz CT molecular complexity index is 460. The number of nitrogens with two attached hydrogens (primary N) is 1. The molecule has 1 rings (SSSR count). The van der Waals surface area contributed by atoms with Gasteiger partial charge >= 0.3 is 6.03 Å². The number of benzene rings is 1. The number of anilines is 1. The lowest BCUT2D eigenvalue weighted by molar-refractivity contribution is 0.252. The maximum Gasteiger partial charge on any atom is 0.319 e. The SMILES string of the molecule is CC(N)c1ccc(NC(=O)NCCC(C)S(C)=O)cc1. The van der Waals surface area contributed by atoms with Gasteiger partial charge in [0.25, 0.3) is 0 Å². The summed E-state index contributed by atoms with van der Waals surface area (Å²) in [5.41, 5.74) is 7.50. The minimum Gasteiger partial charge on any atom is -0.338 e. The zero-order valence-corrected chi connectivity index (χ0v) is 13.0. The van der Waals surface area contributed by atoms with Crippen molar-refractivity contribution < 1.29 is 9.00 Å². The Hall–Kier alpha value is -1.40. The van der Waals surface area contributed by atoms with Crippen molar-refractivity contribution in [3.8, 4) is 0 Å². The Morgan fingerprint density at radius 1 is 1.30 bits per heavy atom. The van der Waals surface area contributed by atoms with Crippen molar-refractivity contribution in [1.29, 1.82) is 0 Å². The van der Waals surface area contributed by atoms with E-state index in [-0.39, 0.29) is 17.3 Å². The van der Waals surface area contributed by atoms with Crippen LogP contribution in [-0.2, 0) is 10.8 Å². The fraction of sp³-hybridized carbons (Fsp3) is 0.500. The molecule has 4 N–H and O–H groups in total. The van der Waals surface area contributed by atoms with E-state index in [0.29, 0.717) is 13.0 Å². The second-order valence-corrected chi connectivity index (χ2v) is 6.69. The van der Waals surface area contributed by atoms with Crippen molar-refractivity contribution in [3.63, 3.8) is 0 Å². The smallest absolute Gasteiger partial charge is 0.319 e. The molecule has 0 fully saturated rings. The van der Waals surface area contributed by atoms with E-state index in [2.05, 4.69) is 10.6 Å². The summed E-state index contributed by atoms with van der Waals surface area (Å²) in [7, 11) is -0.854. The molecule has 3 unspecified atom stereocenters. The molecule has 0 heterocycles. The summed E-state index contributed by atoms with van der Waals surface area (Å²) in [5.74, 6) is 0. The monoisotopic (exact) mass is 297 g/mol. The molecule has 2 amide bonds. The predicted molar refractivity (Wildman–Crippen MR) is 84.2 cm³/mol. The first-order valence-corrected chi connectivity index (χ1v) is 8.25. The number of urea groups is 1. The largest absolute Gasteiger partial charge is 0.338 e. The van der Waals surface area contributed by atoms with Crippen LogP contribution in [0, 0.1) is 0 Å². The van der Waals surface area contributed by atoms with Crippen molar-refractivity contribution in [1.82, 2.24) is 5.32 Å². The topological polar surface area (TPSA) is 84.2 Å². The highest BCUT2D eigenvalue weighted by Gasteiger charge is 2.07. The van der Waals surface area contributed by atoms with Crippen molar-refractivity contribution in [2.24, 2.45) is 5.73 Å². The van der Waals surface area contributed by atoms with Gasteiger partial charge in [0.05, 0.1) is 0 Å². The zero-order valence-electron chi connectivity index (χ0n) is 12.2. The Labute approximate surface area is 122 Å². The highest BCUT2D eigenvalue weighted by atomic mass is 32.2. The average Bonchev–Trinajstić information content (AvgIpc) is 2.39. The molecular formula is C14H23N3O2S. The van der Waals surface area contributed by atoms with E-state index >= 15 is 0 Å². The van der Waals surface area contributed by atoms with E-state index in [1.807, 2.05) is 38.1 Å². The molecule has 0 saturated heterocycles. The quantitative estimate of drug-likeness (QED) is 0.750. The molecule has 0 saturated carbocycles. The maximum absolute atomic E-state index is 11.7. The van der Waals surface area contributed by atoms with Crippen molar-refractivity contribution in [2.75, 3.05) is 18.1 Å². The van der Waals surface area contributed by atoms with Crippen molar-refractivity contribution in [2.45, 2.75) is 31.6 Å². The molecular weight excluding hydrogens is 274 g/mol. The van der Waals surface area contributed by atoms with E-state index in [4.69, 9.17) is 5.73 Å². The summed E-state index contributed by atoms with van der Waals surface area (Å²) in [6.45, 7) is 4.32. The third-order valence-electron chi connectivity index (χ3n) is 3.10. The molecule has 0 aromatic heterocycles. The standard InChI is InChI=1S/C14H23N3O2S/c1-10(20(3)19)8-9-16-14(18)17-13-6-4-12(5-7-13)11(2)15/h4-7,10-11H,8-9,15H2,1-3H3,(H2,16,17,18). The van der Waals surface area contributed by atoms with E-state index in [9.17, 15) is 9.00 Å². The molecule has 0 radical (unpaired) electrons. The number of amides is 2. The normalized spacial score (nSPS) is 15.2. The molecule has 0 aliphatic carbocycles. The molecule has 6 heteroatoms. The van der Waals surface area contributed by atoms with Gasteiger partial charge in [-0.2, -0.15) is 0 Å². The van der Waals surface area contributed by atoms with Gasteiger partial charge < -0.3 is 16.4 Å². The molecule has 0 aliphatic rings. The predicted octanol–water partition coefficient (Wildman–Crippen LogP) is 1.98. The van der Waals surface area contributed by atoms with Crippen LogP contribution >= 0.6 is 0 Å². The van der Waals surface area contributed by atoms with Gasteiger partial charge in [-0.25, -0.2) is 4.79 Å². The molecule has 5 nitrogen and oxygen atoms in total. The average molecular weight is 297 g/mol. The van der Waals surface area contributed by atoms with Crippen molar-refractivity contribution in [3.05, 3.63) is 29.8 Å². The highest BCUT2D eigenvalue weighted by molar-refractivity contribution is 7.84.